The number of methoxy groups -OCH3 is 1. The molecule has 3 rings (SSSR count). The largest absolute Gasteiger partial charge is 0.497 e. The van der Waals surface area contributed by atoms with Gasteiger partial charge in [0.1, 0.15) is 11.3 Å². The van der Waals surface area contributed by atoms with Crippen LogP contribution in [0.15, 0.2) is 35.9 Å². The van der Waals surface area contributed by atoms with Crippen molar-refractivity contribution in [2.75, 3.05) is 12.0 Å². The number of aryl methyl sites for hydroxylation is 1. The summed E-state index contributed by atoms with van der Waals surface area (Å²) in [5.74, 6) is -0.284. The molecule has 152 valence electrons. The van der Waals surface area contributed by atoms with Gasteiger partial charge in [0.25, 0.3) is 11.8 Å². The molecule has 1 fully saturated rings. The van der Waals surface area contributed by atoms with E-state index < -0.39 is 11.8 Å². The highest BCUT2D eigenvalue weighted by molar-refractivity contribution is 7.80. The number of hydrogen-bond acceptors (Lipinski definition) is 4. The second-order valence-electron chi connectivity index (χ2n) is 7.99. The summed E-state index contributed by atoms with van der Waals surface area (Å²) in [5.41, 5.74) is 3.38. The van der Waals surface area contributed by atoms with Crippen LogP contribution >= 0.6 is 12.2 Å². The van der Waals surface area contributed by atoms with E-state index >= 15 is 0 Å². The van der Waals surface area contributed by atoms with Crippen LogP contribution in [0, 0.1) is 13.8 Å². The van der Waals surface area contributed by atoms with E-state index in [1.54, 1.807) is 37.5 Å². The quantitative estimate of drug-likeness (QED) is 0.475. The third kappa shape index (κ3) is 3.82. The molecule has 29 heavy (non-hydrogen) atoms. The fraction of sp³-hybridized carbons (Fsp3) is 0.318. The number of carbonyl (C=O) groups excluding carboxylic acids is 2. The molecular formula is C22H25N3O3S. The Bertz CT molecular complexity index is 1030. The van der Waals surface area contributed by atoms with E-state index in [0.717, 1.165) is 17.0 Å². The van der Waals surface area contributed by atoms with E-state index in [4.69, 9.17) is 17.0 Å². The molecule has 0 atom stereocenters. The molecule has 0 unspecified atom stereocenters. The average molecular weight is 412 g/mol. The molecule has 7 heteroatoms. The molecule has 1 aliphatic rings. The lowest BCUT2D eigenvalue weighted by atomic mass is 10.1. The maximum absolute atomic E-state index is 13.2. The number of hydrogen-bond donors (Lipinski definition) is 1. The summed E-state index contributed by atoms with van der Waals surface area (Å²) < 4.78 is 7.35. The van der Waals surface area contributed by atoms with Crippen LogP contribution in [0.4, 0.5) is 5.69 Å². The molecule has 1 aliphatic heterocycles. The first-order valence-electron chi connectivity index (χ1n) is 9.29. The molecule has 2 heterocycles. The van der Waals surface area contributed by atoms with Gasteiger partial charge in [0.15, 0.2) is 5.11 Å². The van der Waals surface area contributed by atoms with Gasteiger partial charge in [-0.15, -0.1) is 0 Å². The Morgan fingerprint density at radius 3 is 2.24 bits per heavy atom. The number of benzene rings is 1. The standard InChI is InChI=1S/C22H25N3O3S/c1-13-11-15(14(2)25(13)22(3,4)5)12-18-19(26)23-21(29)24(20(18)27)16-7-9-17(28-6)10-8-16/h7-12H,1-6H3,(H,23,26,29)/b18-12+. The van der Waals surface area contributed by atoms with Crippen LogP contribution in [-0.2, 0) is 15.1 Å². The Morgan fingerprint density at radius 2 is 1.72 bits per heavy atom. The van der Waals surface area contributed by atoms with Crippen LogP contribution in [-0.4, -0.2) is 28.6 Å². The van der Waals surface area contributed by atoms with Crippen LogP contribution in [0.25, 0.3) is 6.08 Å². The number of rotatable bonds is 3. The van der Waals surface area contributed by atoms with Crippen LogP contribution in [0.5, 0.6) is 5.75 Å². The summed E-state index contributed by atoms with van der Waals surface area (Å²) in [6.45, 7) is 10.4. The zero-order chi connectivity index (χ0) is 21.5. The minimum absolute atomic E-state index is 0.0450. The highest BCUT2D eigenvalue weighted by Gasteiger charge is 2.35. The van der Waals surface area contributed by atoms with Gasteiger partial charge in [0.05, 0.1) is 12.8 Å². The van der Waals surface area contributed by atoms with Gasteiger partial charge >= 0.3 is 0 Å². The number of nitrogens with zero attached hydrogens (tertiary/aromatic N) is 2. The van der Waals surface area contributed by atoms with Gasteiger partial charge in [-0.05, 0) is 88.8 Å². The van der Waals surface area contributed by atoms with Gasteiger partial charge in [-0.1, -0.05) is 0 Å². The van der Waals surface area contributed by atoms with Crippen molar-refractivity contribution in [1.29, 1.82) is 0 Å². The fourth-order valence-corrected chi connectivity index (χ4v) is 4.03. The molecule has 1 saturated heterocycles. The Hall–Kier alpha value is -2.93. The van der Waals surface area contributed by atoms with Crippen LogP contribution in [0.3, 0.4) is 0 Å². The van der Waals surface area contributed by atoms with Gasteiger partial charge < -0.3 is 9.30 Å². The Labute approximate surface area is 176 Å². The number of nitrogens with one attached hydrogen (secondary N) is 1. The number of thiocarbonyl (C=S) groups is 1. The van der Waals surface area contributed by atoms with Crippen molar-refractivity contribution in [3.05, 3.63) is 52.9 Å². The average Bonchev–Trinajstić information content (AvgIpc) is 2.92. The highest BCUT2D eigenvalue weighted by atomic mass is 32.1. The first-order valence-corrected chi connectivity index (χ1v) is 9.70. The van der Waals surface area contributed by atoms with Crippen molar-refractivity contribution in [1.82, 2.24) is 9.88 Å². The van der Waals surface area contributed by atoms with E-state index in [2.05, 4.69) is 30.7 Å². The van der Waals surface area contributed by atoms with Gasteiger partial charge in [-0.25, -0.2) is 0 Å². The van der Waals surface area contributed by atoms with E-state index in [9.17, 15) is 9.59 Å². The zero-order valence-corrected chi connectivity index (χ0v) is 18.3. The van der Waals surface area contributed by atoms with Gasteiger partial charge in [0.2, 0.25) is 0 Å². The minimum Gasteiger partial charge on any atom is -0.497 e. The molecule has 0 bridgehead atoms. The van der Waals surface area contributed by atoms with Crippen molar-refractivity contribution in [2.24, 2.45) is 0 Å². The summed E-state index contributed by atoms with van der Waals surface area (Å²) >= 11 is 5.25. The third-order valence-corrected chi connectivity index (χ3v) is 5.16. The normalized spacial score (nSPS) is 16.4. The number of amides is 2. The lowest BCUT2D eigenvalue weighted by molar-refractivity contribution is -0.122. The van der Waals surface area contributed by atoms with E-state index in [1.807, 2.05) is 19.9 Å². The summed E-state index contributed by atoms with van der Waals surface area (Å²) in [7, 11) is 1.57. The number of ether oxygens (including phenoxy) is 1. The van der Waals surface area contributed by atoms with Crippen molar-refractivity contribution in [3.8, 4) is 5.75 Å². The third-order valence-electron chi connectivity index (χ3n) is 4.87. The molecule has 0 aliphatic carbocycles. The number of anilines is 1. The molecule has 0 saturated carbocycles. The number of aromatic nitrogens is 1. The van der Waals surface area contributed by atoms with Crippen molar-refractivity contribution < 1.29 is 14.3 Å². The second-order valence-corrected chi connectivity index (χ2v) is 8.38. The maximum Gasteiger partial charge on any atom is 0.270 e. The predicted octanol–water partition coefficient (Wildman–Crippen LogP) is 3.70. The van der Waals surface area contributed by atoms with Crippen LogP contribution < -0.4 is 15.0 Å². The Balaban J connectivity index is 2.04. The summed E-state index contributed by atoms with van der Waals surface area (Å²) in [6.07, 6.45) is 1.64. The molecule has 1 aromatic heterocycles. The highest BCUT2D eigenvalue weighted by Crippen LogP contribution is 2.28. The minimum atomic E-state index is -0.495. The van der Waals surface area contributed by atoms with Crippen LogP contribution in [0.1, 0.15) is 37.7 Å². The predicted molar refractivity (Wildman–Crippen MR) is 118 cm³/mol. The van der Waals surface area contributed by atoms with Gasteiger partial charge in [-0.3, -0.25) is 19.8 Å². The van der Waals surface area contributed by atoms with E-state index in [0.29, 0.717) is 11.4 Å². The SMILES string of the molecule is COc1ccc(N2C(=O)/C(=C/c3cc(C)n(C(C)(C)C)c3C)C(=O)NC2=S)cc1. The molecule has 2 amide bonds. The van der Waals surface area contributed by atoms with Gasteiger partial charge in [0, 0.05) is 16.9 Å². The smallest absolute Gasteiger partial charge is 0.270 e. The molecule has 0 spiro atoms. The topological polar surface area (TPSA) is 63.6 Å². The van der Waals surface area contributed by atoms with E-state index in [-0.39, 0.29) is 16.2 Å². The van der Waals surface area contributed by atoms with Crippen molar-refractivity contribution in [2.45, 2.75) is 40.2 Å². The molecular weight excluding hydrogens is 386 g/mol. The molecule has 0 radical (unpaired) electrons. The van der Waals surface area contributed by atoms with Crippen molar-refractivity contribution in [3.63, 3.8) is 0 Å². The Morgan fingerprint density at radius 1 is 1.10 bits per heavy atom. The molecule has 1 aromatic carbocycles. The summed E-state index contributed by atoms with van der Waals surface area (Å²) in [5, 5.41) is 2.68. The fourth-order valence-electron chi connectivity index (χ4n) is 3.74. The number of carbonyl (C=O) groups is 2. The lowest BCUT2D eigenvalue weighted by Gasteiger charge is -2.29. The summed E-state index contributed by atoms with van der Waals surface area (Å²) in [4.78, 5) is 27.1. The monoisotopic (exact) mass is 411 g/mol. The maximum atomic E-state index is 13.2. The zero-order valence-electron chi connectivity index (χ0n) is 17.5. The van der Waals surface area contributed by atoms with Crippen molar-refractivity contribution >= 4 is 40.9 Å². The lowest BCUT2D eigenvalue weighted by Crippen LogP contribution is -2.54. The Kier molecular flexibility index (Phi) is 5.36. The first-order chi connectivity index (χ1) is 13.5. The summed E-state index contributed by atoms with van der Waals surface area (Å²) in [6, 6.07) is 8.91. The second kappa shape index (κ2) is 7.48. The van der Waals surface area contributed by atoms with E-state index in [1.165, 1.54) is 4.90 Å². The van der Waals surface area contributed by atoms with Crippen LogP contribution in [0.2, 0.25) is 0 Å². The van der Waals surface area contributed by atoms with Gasteiger partial charge in [-0.2, -0.15) is 0 Å². The molecule has 2 aromatic rings. The molecule has 6 nitrogen and oxygen atoms in total. The molecule has 1 N–H and O–H groups in total. The first kappa shape index (κ1) is 20.8.